The largest absolute Gasteiger partial charge is 0.452 e. The van der Waals surface area contributed by atoms with E-state index in [0.29, 0.717) is 11.6 Å². The first-order valence-corrected chi connectivity index (χ1v) is 9.09. The molecule has 0 aliphatic carbocycles. The molecular weight excluding hydrogens is 360 g/mol. The van der Waals surface area contributed by atoms with E-state index in [1.807, 2.05) is 30.3 Å². The Morgan fingerprint density at radius 1 is 1.16 bits per heavy atom. The summed E-state index contributed by atoms with van der Waals surface area (Å²) >= 11 is 7.50. The van der Waals surface area contributed by atoms with Gasteiger partial charge in [0.1, 0.15) is 0 Å². The molecule has 0 saturated heterocycles. The minimum absolute atomic E-state index is 0.191. The minimum Gasteiger partial charge on any atom is -0.452 e. The molecule has 25 heavy (non-hydrogen) atoms. The molecule has 2 rings (SSSR count). The number of esters is 1. The van der Waals surface area contributed by atoms with E-state index in [9.17, 15) is 9.59 Å². The van der Waals surface area contributed by atoms with Crippen molar-refractivity contribution in [3.8, 4) is 0 Å². The predicted molar refractivity (Wildman–Crippen MR) is 101 cm³/mol. The minimum atomic E-state index is -0.649. The van der Waals surface area contributed by atoms with Gasteiger partial charge in [-0.25, -0.2) is 4.79 Å². The highest BCUT2D eigenvalue weighted by molar-refractivity contribution is 7.99. The molecule has 7 heteroatoms. The van der Waals surface area contributed by atoms with E-state index < -0.39 is 5.97 Å². The van der Waals surface area contributed by atoms with Gasteiger partial charge in [0, 0.05) is 22.2 Å². The van der Waals surface area contributed by atoms with Crippen molar-refractivity contribution >= 4 is 40.9 Å². The van der Waals surface area contributed by atoms with Gasteiger partial charge in [0.05, 0.1) is 5.56 Å². The topological polar surface area (TPSA) is 81.4 Å². The molecule has 132 valence electrons. The van der Waals surface area contributed by atoms with Crippen molar-refractivity contribution in [2.24, 2.45) is 0 Å². The summed E-state index contributed by atoms with van der Waals surface area (Å²) in [7, 11) is 0. The highest BCUT2D eigenvalue weighted by Crippen LogP contribution is 2.19. The van der Waals surface area contributed by atoms with Gasteiger partial charge < -0.3 is 15.8 Å². The second-order valence-corrected chi connectivity index (χ2v) is 6.78. The molecule has 0 aromatic heterocycles. The number of benzene rings is 2. The molecule has 0 saturated carbocycles. The fourth-order valence-electron chi connectivity index (χ4n) is 1.99. The molecule has 2 aromatic rings. The average molecular weight is 379 g/mol. The van der Waals surface area contributed by atoms with E-state index in [1.165, 1.54) is 17.0 Å². The maximum atomic E-state index is 11.9. The number of amides is 1. The molecule has 0 unspecified atom stereocenters. The third-order valence-electron chi connectivity index (χ3n) is 3.22. The molecule has 0 atom stereocenters. The second-order valence-electron chi connectivity index (χ2n) is 5.17. The summed E-state index contributed by atoms with van der Waals surface area (Å²) in [6.07, 6.45) is 0.823. The zero-order valence-electron chi connectivity index (χ0n) is 13.5. The van der Waals surface area contributed by atoms with Crippen LogP contribution in [0.3, 0.4) is 0 Å². The Bertz CT molecular complexity index is 726. The molecule has 0 fully saturated rings. The van der Waals surface area contributed by atoms with Gasteiger partial charge in [0.15, 0.2) is 6.61 Å². The normalized spacial score (nSPS) is 10.3. The molecule has 0 aliphatic rings. The number of thioether (sulfide) groups is 1. The van der Waals surface area contributed by atoms with Crippen LogP contribution in [-0.2, 0) is 9.53 Å². The number of ether oxygens (including phenoxy) is 1. The number of nitrogens with two attached hydrogens (primary N) is 1. The number of halogens is 1. The Kier molecular flexibility index (Phi) is 7.63. The maximum Gasteiger partial charge on any atom is 0.340 e. The van der Waals surface area contributed by atoms with E-state index >= 15 is 0 Å². The van der Waals surface area contributed by atoms with E-state index in [0.717, 1.165) is 12.2 Å². The standard InChI is InChI=1S/C18H19ClN2O3S/c19-13-7-8-15(16(20)11-13)18(23)24-12-17(22)21-9-4-10-25-14-5-2-1-3-6-14/h1-3,5-8,11H,4,9-10,12,20H2,(H,21,22). The van der Waals surface area contributed by atoms with Gasteiger partial charge >= 0.3 is 5.97 Å². The highest BCUT2D eigenvalue weighted by Gasteiger charge is 2.13. The van der Waals surface area contributed by atoms with Crippen LogP contribution >= 0.6 is 23.4 Å². The van der Waals surface area contributed by atoms with Crippen LogP contribution in [0, 0.1) is 0 Å². The van der Waals surface area contributed by atoms with Crippen LogP contribution in [0.1, 0.15) is 16.8 Å². The van der Waals surface area contributed by atoms with Crippen LogP contribution in [0.25, 0.3) is 0 Å². The van der Waals surface area contributed by atoms with Gasteiger partial charge in [0.2, 0.25) is 0 Å². The lowest BCUT2D eigenvalue weighted by Gasteiger charge is -2.08. The van der Waals surface area contributed by atoms with Crippen molar-refractivity contribution in [3.63, 3.8) is 0 Å². The molecule has 0 bridgehead atoms. The van der Waals surface area contributed by atoms with Crippen molar-refractivity contribution < 1.29 is 14.3 Å². The van der Waals surface area contributed by atoms with E-state index in [4.69, 9.17) is 22.1 Å². The number of hydrogen-bond acceptors (Lipinski definition) is 5. The first kappa shape index (κ1) is 19.1. The molecule has 5 nitrogen and oxygen atoms in total. The first-order valence-electron chi connectivity index (χ1n) is 7.73. The van der Waals surface area contributed by atoms with Crippen molar-refractivity contribution in [2.75, 3.05) is 24.6 Å². The highest BCUT2D eigenvalue weighted by atomic mass is 35.5. The maximum absolute atomic E-state index is 11.9. The SMILES string of the molecule is Nc1cc(Cl)ccc1C(=O)OCC(=O)NCCCSc1ccccc1. The van der Waals surface area contributed by atoms with E-state index in [-0.39, 0.29) is 23.8 Å². The van der Waals surface area contributed by atoms with Crippen LogP contribution in [0.15, 0.2) is 53.4 Å². The summed E-state index contributed by atoms with van der Waals surface area (Å²) in [5.41, 5.74) is 6.11. The van der Waals surface area contributed by atoms with E-state index in [2.05, 4.69) is 5.32 Å². The summed E-state index contributed by atoms with van der Waals surface area (Å²) in [6.45, 7) is 0.187. The summed E-state index contributed by atoms with van der Waals surface area (Å²) in [6, 6.07) is 14.5. The predicted octanol–water partition coefficient (Wildman–Crippen LogP) is 3.38. The van der Waals surface area contributed by atoms with Crippen LogP contribution < -0.4 is 11.1 Å². The molecule has 0 aliphatic heterocycles. The van der Waals surface area contributed by atoms with Gasteiger partial charge in [-0.05, 0) is 42.5 Å². The van der Waals surface area contributed by atoms with Crippen molar-refractivity contribution in [3.05, 3.63) is 59.1 Å². The molecule has 0 heterocycles. The van der Waals surface area contributed by atoms with E-state index in [1.54, 1.807) is 17.8 Å². The number of nitrogens with one attached hydrogen (secondary N) is 1. The van der Waals surface area contributed by atoms with Crippen molar-refractivity contribution in [1.82, 2.24) is 5.32 Å². The van der Waals surface area contributed by atoms with Crippen LogP contribution in [0.4, 0.5) is 5.69 Å². The summed E-state index contributed by atoms with van der Waals surface area (Å²) < 4.78 is 4.96. The van der Waals surface area contributed by atoms with Crippen LogP contribution in [0.5, 0.6) is 0 Å². The molecule has 0 spiro atoms. The Morgan fingerprint density at radius 3 is 2.64 bits per heavy atom. The van der Waals surface area contributed by atoms with Gasteiger partial charge in [-0.2, -0.15) is 0 Å². The van der Waals surface area contributed by atoms with Crippen molar-refractivity contribution in [2.45, 2.75) is 11.3 Å². The lowest BCUT2D eigenvalue weighted by Crippen LogP contribution is -2.30. The lowest BCUT2D eigenvalue weighted by molar-refractivity contribution is -0.124. The van der Waals surface area contributed by atoms with Crippen LogP contribution in [0.2, 0.25) is 5.02 Å². The summed E-state index contributed by atoms with van der Waals surface area (Å²) in [4.78, 5) is 24.8. The third kappa shape index (κ3) is 6.68. The molecule has 0 radical (unpaired) electrons. The quantitative estimate of drug-likeness (QED) is 0.318. The lowest BCUT2D eigenvalue weighted by atomic mass is 10.2. The number of hydrogen-bond donors (Lipinski definition) is 2. The zero-order valence-corrected chi connectivity index (χ0v) is 15.1. The van der Waals surface area contributed by atoms with Gasteiger partial charge in [-0.1, -0.05) is 29.8 Å². The van der Waals surface area contributed by atoms with Crippen LogP contribution in [-0.4, -0.2) is 30.8 Å². The van der Waals surface area contributed by atoms with Gasteiger partial charge in [-0.15, -0.1) is 11.8 Å². The molecular formula is C18H19ClN2O3S. The van der Waals surface area contributed by atoms with Crippen molar-refractivity contribution in [1.29, 1.82) is 0 Å². The molecule has 3 N–H and O–H groups in total. The second kappa shape index (κ2) is 9.96. The third-order valence-corrected chi connectivity index (χ3v) is 4.56. The summed E-state index contributed by atoms with van der Waals surface area (Å²) in [5, 5.41) is 3.15. The smallest absolute Gasteiger partial charge is 0.340 e. The molecule has 2 aromatic carbocycles. The Morgan fingerprint density at radius 2 is 1.92 bits per heavy atom. The van der Waals surface area contributed by atoms with Gasteiger partial charge in [0.25, 0.3) is 5.91 Å². The first-order chi connectivity index (χ1) is 12.1. The Balaban J connectivity index is 1.62. The zero-order chi connectivity index (χ0) is 18.1. The fourth-order valence-corrected chi connectivity index (χ4v) is 3.04. The Hall–Kier alpha value is -2.18. The fraction of sp³-hybridized carbons (Fsp3) is 0.222. The monoisotopic (exact) mass is 378 g/mol. The number of nitrogen functional groups attached to an aromatic ring is 1. The average Bonchev–Trinajstić information content (AvgIpc) is 2.60. The molecule has 1 amide bonds. The number of carbonyl (C=O) groups excluding carboxylic acids is 2. The van der Waals surface area contributed by atoms with Gasteiger partial charge in [-0.3, -0.25) is 4.79 Å². The number of rotatable bonds is 8. The summed E-state index contributed by atoms with van der Waals surface area (Å²) in [5.74, 6) is -0.0969. The number of anilines is 1. The Labute approximate surface area is 155 Å². The number of carbonyl (C=O) groups is 2.